The predicted molar refractivity (Wildman–Crippen MR) is 57.6 cm³/mol. The number of thiazole rings is 1. The second-order valence-electron chi connectivity index (χ2n) is 3.12. The molecule has 2 rings (SSSR count). The third-order valence-corrected chi connectivity index (χ3v) is 3.02. The van der Waals surface area contributed by atoms with E-state index in [1.54, 1.807) is 25.1 Å². The quantitative estimate of drug-likeness (QED) is 0.729. The van der Waals surface area contributed by atoms with Crippen LogP contribution in [0.15, 0.2) is 24.4 Å². The van der Waals surface area contributed by atoms with Gasteiger partial charge in [0.25, 0.3) is 0 Å². The number of aromatic nitrogens is 1. The molecule has 1 heterocycles. The fourth-order valence-electron chi connectivity index (χ4n) is 1.28. The molecule has 0 aliphatic carbocycles. The zero-order chi connectivity index (χ0) is 10.8. The second-order valence-corrected chi connectivity index (χ2v) is 4.18. The van der Waals surface area contributed by atoms with Gasteiger partial charge in [-0.1, -0.05) is 12.1 Å². The topological polar surface area (TPSA) is 30.0 Å². The van der Waals surface area contributed by atoms with Crippen molar-refractivity contribution in [3.8, 4) is 10.6 Å². The van der Waals surface area contributed by atoms with Gasteiger partial charge >= 0.3 is 0 Å². The number of hydrogen-bond donors (Lipinski definition) is 0. The summed E-state index contributed by atoms with van der Waals surface area (Å²) in [4.78, 5) is 15.0. The maximum Gasteiger partial charge on any atom is 0.161 e. The molecule has 0 radical (unpaired) electrons. The molecule has 0 saturated heterocycles. The molecule has 0 bridgehead atoms. The van der Waals surface area contributed by atoms with Gasteiger partial charge in [0.1, 0.15) is 10.8 Å². The summed E-state index contributed by atoms with van der Waals surface area (Å²) >= 11 is 1.19. The Morgan fingerprint density at radius 1 is 1.47 bits per heavy atom. The average Bonchev–Trinajstić information content (AvgIpc) is 2.70. The van der Waals surface area contributed by atoms with Crippen molar-refractivity contribution in [2.45, 2.75) is 6.92 Å². The summed E-state index contributed by atoms with van der Waals surface area (Å²) in [6, 6.07) is 5.14. The fraction of sp³-hybridized carbons (Fsp3) is 0.0909. The highest BCUT2D eigenvalue weighted by atomic mass is 32.1. The minimum atomic E-state index is -0.274. The van der Waals surface area contributed by atoms with Gasteiger partial charge in [-0.2, -0.15) is 0 Å². The number of halogens is 1. The van der Waals surface area contributed by atoms with Gasteiger partial charge in [-0.25, -0.2) is 9.37 Å². The van der Waals surface area contributed by atoms with Crippen LogP contribution in [0.25, 0.3) is 10.6 Å². The maximum atomic E-state index is 13.7. The van der Waals surface area contributed by atoms with Crippen LogP contribution in [0.3, 0.4) is 0 Å². The van der Waals surface area contributed by atoms with E-state index < -0.39 is 0 Å². The van der Waals surface area contributed by atoms with E-state index >= 15 is 0 Å². The Balaban J connectivity index is 2.53. The van der Waals surface area contributed by atoms with Gasteiger partial charge in [-0.3, -0.25) is 4.79 Å². The van der Waals surface area contributed by atoms with Crippen LogP contribution >= 0.6 is 11.3 Å². The Morgan fingerprint density at radius 3 is 2.93 bits per heavy atom. The zero-order valence-electron chi connectivity index (χ0n) is 8.03. The van der Waals surface area contributed by atoms with Crippen LogP contribution in [0, 0.1) is 12.7 Å². The van der Waals surface area contributed by atoms with E-state index in [9.17, 15) is 9.18 Å². The van der Waals surface area contributed by atoms with Crippen LogP contribution in [-0.4, -0.2) is 11.3 Å². The van der Waals surface area contributed by atoms with Crippen molar-refractivity contribution in [1.82, 2.24) is 4.98 Å². The Hall–Kier alpha value is -1.55. The molecular weight excluding hydrogens is 213 g/mol. The lowest BCUT2D eigenvalue weighted by Gasteiger charge is -2.00. The first kappa shape index (κ1) is 9.98. The molecule has 0 N–H and O–H groups in total. The Labute approximate surface area is 90.4 Å². The normalized spacial score (nSPS) is 10.3. The molecule has 2 aromatic rings. The van der Waals surface area contributed by atoms with E-state index in [-0.39, 0.29) is 5.82 Å². The number of carbonyl (C=O) groups is 1. The van der Waals surface area contributed by atoms with Gasteiger partial charge in [0.2, 0.25) is 0 Å². The standard InChI is InChI=1S/C11H8FNOS/c1-7-3-2-4-9(10(7)12)11-13-5-8(6-14)15-11/h2-6H,1H3. The van der Waals surface area contributed by atoms with E-state index in [2.05, 4.69) is 4.98 Å². The van der Waals surface area contributed by atoms with Crippen molar-refractivity contribution in [2.24, 2.45) is 0 Å². The molecule has 0 aliphatic heterocycles. The number of carbonyl (C=O) groups excluding carboxylic acids is 1. The molecule has 0 unspecified atom stereocenters. The van der Waals surface area contributed by atoms with Crippen LogP contribution < -0.4 is 0 Å². The van der Waals surface area contributed by atoms with Crippen molar-refractivity contribution < 1.29 is 9.18 Å². The number of benzene rings is 1. The minimum Gasteiger partial charge on any atom is -0.297 e. The molecule has 2 nitrogen and oxygen atoms in total. The highest BCUT2D eigenvalue weighted by Gasteiger charge is 2.10. The third-order valence-electron chi connectivity index (χ3n) is 2.06. The summed E-state index contributed by atoms with van der Waals surface area (Å²) in [7, 11) is 0. The van der Waals surface area contributed by atoms with Crippen LogP contribution in [0.1, 0.15) is 15.2 Å². The van der Waals surface area contributed by atoms with Crippen LogP contribution in [-0.2, 0) is 0 Å². The number of aryl methyl sites for hydroxylation is 1. The van der Waals surface area contributed by atoms with Crippen molar-refractivity contribution in [1.29, 1.82) is 0 Å². The molecule has 1 aromatic heterocycles. The van der Waals surface area contributed by atoms with E-state index in [1.165, 1.54) is 17.5 Å². The summed E-state index contributed by atoms with van der Waals surface area (Å²) in [5.74, 6) is -0.274. The number of hydrogen-bond acceptors (Lipinski definition) is 3. The highest BCUT2D eigenvalue weighted by Crippen LogP contribution is 2.27. The van der Waals surface area contributed by atoms with Gasteiger partial charge in [0.15, 0.2) is 6.29 Å². The summed E-state index contributed by atoms with van der Waals surface area (Å²) < 4.78 is 13.7. The fourth-order valence-corrected chi connectivity index (χ4v) is 2.03. The summed E-state index contributed by atoms with van der Waals surface area (Å²) in [6.45, 7) is 1.70. The first-order valence-electron chi connectivity index (χ1n) is 4.39. The second kappa shape index (κ2) is 3.90. The first-order valence-corrected chi connectivity index (χ1v) is 5.20. The predicted octanol–water partition coefficient (Wildman–Crippen LogP) is 3.07. The minimum absolute atomic E-state index is 0.274. The molecule has 4 heteroatoms. The Morgan fingerprint density at radius 2 is 2.27 bits per heavy atom. The van der Waals surface area contributed by atoms with Crippen LogP contribution in [0.4, 0.5) is 4.39 Å². The van der Waals surface area contributed by atoms with Crippen LogP contribution in [0.2, 0.25) is 0 Å². The summed E-state index contributed by atoms with van der Waals surface area (Å²) in [6.07, 6.45) is 2.17. The van der Waals surface area contributed by atoms with E-state index in [1.807, 2.05) is 0 Å². The lowest BCUT2D eigenvalue weighted by atomic mass is 10.1. The van der Waals surface area contributed by atoms with Gasteiger partial charge in [0, 0.05) is 11.8 Å². The zero-order valence-corrected chi connectivity index (χ0v) is 8.84. The van der Waals surface area contributed by atoms with E-state index in [0.29, 0.717) is 21.0 Å². The molecule has 0 amide bonds. The SMILES string of the molecule is Cc1cccc(-c2ncc(C=O)s2)c1F. The monoisotopic (exact) mass is 221 g/mol. The first-order chi connectivity index (χ1) is 7.22. The van der Waals surface area contributed by atoms with Crippen molar-refractivity contribution in [3.05, 3.63) is 40.7 Å². The molecule has 1 aromatic carbocycles. The van der Waals surface area contributed by atoms with E-state index in [0.717, 1.165) is 6.29 Å². The van der Waals surface area contributed by atoms with Crippen molar-refractivity contribution >= 4 is 17.6 Å². The smallest absolute Gasteiger partial charge is 0.161 e. The highest BCUT2D eigenvalue weighted by molar-refractivity contribution is 7.16. The maximum absolute atomic E-state index is 13.7. The van der Waals surface area contributed by atoms with Crippen LogP contribution in [0.5, 0.6) is 0 Å². The van der Waals surface area contributed by atoms with Crippen molar-refractivity contribution in [2.75, 3.05) is 0 Å². The molecule has 0 aliphatic rings. The molecule has 76 valence electrons. The lowest BCUT2D eigenvalue weighted by Crippen LogP contribution is -1.86. The lowest BCUT2D eigenvalue weighted by molar-refractivity contribution is 0.112. The molecule has 0 atom stereocenters. The van der Waals surface area contributed by atoms with Gasteiger partial charge in [-0.05, 0) is 18.6 Å². The van der Waals surface area contributed by atoms with E-state index in [4.69, 9.17) is 0 Å². The molecular formula is C11H8FNOS. The number of rotatable bonds is 2. The number of nitrogens with zero attached hydrogens (tertiary/aromatic N) is 1. The molecule has 15 heavy (non-hydrogen) atoms. The molecule has 0 spiro atoms. The number of aldehydes is 1. The summed E-state index contributed by atoms with van der Waals surface area (Å²) in [5.41, 5.74) is 1.03. The Bertz CT molecular complexity index is 507. The van der Waals surface area contributed by atoms with Gasteiger partial charge in [-0.15, -0.1) is 11.3 Å². The molecule has 0 fully saturated rings. The Kier molecular flexibility index (Phi) is 2.60. The van der Waals surface area contributed by atoms with Gasteiger partial charge in [0.05, 0.1) is 4.88 Å². The average molecular weight is 221 g/mol. The molecule has 0 saturated carbocycles. The largest absolute Gasteiger partial charge is 0.297 e. The van der Waals surface area contributed by atoms with Gasteiger partial charge < -0.3 is 0 Å². The summed E-state index contributed by atoms with van der Waals surface area (Å²) in [5, 5.41) is 0.540. The third kappa shape index (κ3) is 1.80. The van der Waals surface area contributed by atoms with Crippen molar-refractivity contribution in [3.63, 3.8) is 0 Å².